The van der Waals surface area contributed by atoms with Crippen molar-refractivity contribution in [2.75, 3.05) is 20.2 Å². The van der Waals surface area contributed by atoms with Crippen LogP contribution in [0.1, 0.15) is 71.1 Å². The summed E-state index contributed by atoms with van der Waals surface area (Å²) in [6.07, 6.45) is 13.7. The molecule has 1 unspecified atom stereocenters. The van der Waals surface area contributed by atoms with Gasteiger partial charge in [0.15, 0.2) is 0 Å². The summed E-state index contributed by atoms with van der Waals surface area (Å²) in [5.74, 6) is -0.0815. The van der Waals surface area contributed by atoms with Crippen LogP contribution >= 0.6 is 0 Å². The summed E-state index contributed by atoms with van der Waals surface area (Å²) in [7, 11) is 1.42. The van der Waals surface area contributed by atoms with Crippen LogP contribution in [0.25, 0.3) is 0 Å². The Kier molecular flexibility index (Phi) is 7.80. The topological polar surface area (TPSA) is 46.6 Å². The van der Waals surface area contributed by atoms with Gasteiger partial charge in [-0.25, -0.2) is 0 Å². The number of ether oxygens (including phenoxy) is 1. The lowest BCUT2D eigenvalue weighted by atomic mass is 9.88. The van der Waals surface area contributed by atoms with Gasteiger partial charge in [-0.3, -0.25) is 9.59 Å². The molecule has 4 nitrogen and oxygen atoms in total. The molecular formula is C20H33NO3. The van der Waals surface area contributed by atoms with Gasteiger partial charge in [-0.05, 0) is 44.9 Å². The molecule has 0 aromatic carbocycles. The van der Waals surface area contributed by atoms with Crippen molar-refractivity contribution in [2.24, 2.45) is 11.8 Å². The molecule has 0 radical (unpaired) electrons. The van der Waals surface area contributed by atoms with Crippen molar-refractivity contribution < 1.29 is 14.3 Å². The van der Waals surface area contributed by atoms with Crippen molar-refractivity contribution in [3.63, 3.8) is 0 Å². The molecule has 0 heterocycles. The highest BCUT2D eigenvalue weighted by Gasteiger charge is 2.28. The predicted octanol–water partition coefficient (Wildman–Crippen LogP) is 4.09. The minimum Gasteiger partial charge on any atom is -0.469 e. The number of rotatable bonds is 7. The summed E-state index contributed by atoms with van der Waals surface area (Å²) >= 11 is 0. The Morgan fingerprint density at radius 2 is 1.96 bits per heavy atom. The third-order valence-electron chi connectivity index (χ3n) is 5.45. The molecule has 136 valence electrons. The van der Waals surface area contributed by atoms with E-state index in [9.17, 15) is 9.59 Å². The quantitative estimate of drug-likeness (QED) is 0.520. The van der Waals surface area contributed by atoms with Gasteiger partial charge >= 0.3 is 5.97 Å². The second kappa shape index (κ2) is 9.85. The summed E-state index contributed by atoms with van der Waals surface area (Å²) in [4.78, 5) is 26.7. The molecule has 1 saturated carbocycles. The standard InChI is InChI=1S/C20H33NO3/c1-16(20(23)24-2)15-21(14-13-17-9-5-3-6-10-17)19(22)18-11-7-4-8-12-18/h9,16,18H,3-8,10-15H2,1-2H3. The molecule has 4 heteroatoms. The minimum absolute atomic E-state index is 0.156. The number of nitrogens with zero attached hydrogens (tertiary/aromatic N) is 1. The van der Waals surface area contributed by atoms with Gasteiger partial charge in [-0.2, -0.15) is 0 Å². The summed E-state index contributed by atoms with van der Waals surface area (Å²) in [5, 5.41) is 0. The Morgan fingerprint density at radius 3 is 2.58 bits per heavy atom. The number of carbonyl (C=O) groups is 2. The second-order valence-electron chi connectivity index (χ2n) is 7.40. The molecule has 2 aliphatic rings. The largest absolute Gasteiger partial charge is 0.469 e. The first-order valence-corrected chi connectivity index (χ1v) is 9.66. The maximum Gasteiger partial charge on any atom is 0.310 e. The third-order valence-corrected chi connectivity index (χ3v) is 5.45. The third kappa shape index (κ3) is 5.64. The highest BCUT2D eigenvalue weighted by atomic mass is 16.5. The molecule has 2 rings (SSSR count). The number of esters is 1. The normalized spacial score (nSPS) is 20.2. The lowest BCUT2D eigenvalue weighted by molar-refractivity contribution is -0.147. The first-order chi connectivity index (χ1) is 11.6. The molecule has 2 aliphatic carbocycles. The highest BCUT2D eigenvalue weighted by Crippen LogP contribution is 2.27. The van der Waals surface area contributed by atoms with Gasteiger partial charge < -0.3 is 9.64 Å². The van der Waals surface area contributed by atoms with Crippen LogP contribution in [0.15, 0.2) is 11.6 Å². The minimum atomic E-state index is -0.261. The summed E-state index contributed by atoms with van der Waals surface area (Å²) < 4.78 is 4.84. The van der Waals surface area contributed by atoms with Crippen LogP contribution in [0.4, 0.5) is 0 Å². The van der Waals surface area contributed by atoms with Gasteiger partial charge in [-0.1, -0.05) is 37.8 Å². The van der Waals surface area contributed by atoms with E-state index in [4.69, 9.17) is 4.74 Å². The van der Waals surface area contributed by atoms with Crippen LogP contribution in [0.5, 0.6) is 0 Å². The van der Waals surface area contributed by atoms with Crippen LogP contribution in [-0.4, -0.2) is 37.0 Å². The fourth-order valence-corrected chi connectivity index (χ4v) is 3.92. The average molecular weight is 335 g/mol. The van der Waals surface area contributed by atoms with E-state index in [1.807, 2.05) is 11.8 Å². The summed E-state index contributed by atoms with van der Waals surface area (Å²) in [5.41, 5.74) is 1.48. The van der Waals surface area contributed by atoms with E-state index in [2.05, 4.69) is 6.08 Å². The van der Waals surface area contributed by atoms with Gasteiger partial charge in [0.05, 0.1) is 13.0 Å². The summed E-state index contributed by atoms with van der Waals surface area (Å²) in [6, 6.07) is 0. The smallest absolute Gasteiger partial charge is 0.310 e. The number of allylic oxidation sites excluding steroid dienone is 1. The van der Waals surface area contributed by atoms with Gasteiger partial charge in [0, 0.05) is 19.0 Å². The fourth-order valence-electron chi connectivity index (χ4n) is 3.92. The summed E-state index contributed by atoms with van der Waals surface area (Å²) in [6.45, 7) is 3.07. The van der Waals surface area contributed by atoms with Crippen molar-refractivity contribution in [3.05, 3.63) is 11.6 Å². The Morgan fingerprint density at radius 1 is 1.21 bits per heavy atom. The first kappa shape index (κ1) is 19.0. The molecular weight excluding hydrogens is 302 g/mol. The maximum absolute atomic E-state index is 13.0. The van der Waals surface area contributed by atoms with E-state index in [0.717, 1.165) is 45.1 Å². The van der Waals surface area contributed by atoms with Gasteiger partial charge in [-0.15, -0.1) is 0 Å². The Balaban J connectivity index is 1.97. The molecule has 0 aliphatic heterocycles. The average Bonchev–Trinajstić information content (AvgIpc) is 2.65. The van der Waals surface area contributed by atoms with Crippen LogP contribution < -0.4 is 0 Å². The molecule has 1 fully saturated rings. The van der Waals surface area contributed by atoms with Crippen LogP contribution in [0.3, 0.4) is 0 Å². The fraction of sp³-hybridized carbons (Fsp3) is 0.800. The SMILES string of the molecule is COC(=O)C(C)CN(CCC1=CCCCC1)C(=O)C1CCCCC1. The Labute approximate surface area is 146 Å². The van der Waals surface area contributed by atoms with E-state index in [1.54, 1.807) is 0 Å². The first-order valence-electron chi connectivity index (χ1n) is 9.66. The molecule has 0 spiro atoms. The molecule has 1 amide bonds. The van der Waals surface area contributed by atoms with E-state index in [1.165, 1.54) is 38.4 Å². The molecule has 24 heavy (non-hydrogen) atoms. The van der Waals surface area contributed by atoms with Crippen molar-refractivity contribution >= 4 is 11.9 Å². The van der Waals surface area contributed by atoms with Crippen molar-refractivity contribution in [1.29, 1.82) is 0 Å². The number of carbonyl (C=O) groups excluding carboxylic acids is 2. The van der Waals surface area contributed by atoms with E-state index in [0.29, 0.717) is 6.54 Å². The molecule has 0 N–H and O–H groups in total. The van der Waals surface area contributed by atoms with Crippen LogP contribution in [0, 0.1) is 11.8 Å². The van der Waals surface area contributed by atoms with E-state index in [-0.39, 0.29) is 23.7 Å². The molecule has 1 atom stereocenters. The zero-order chi connectivity index (χ0) is 17.4. The number of hydrogen-bond donors (Lipinski definition) is 0. The van der Waals surface area contributed by atoms with Gasteiger partial charge in [0.1, 0.15) is 0 Å². The van der Waals surface area contributed by atoms with E-state index < -0.39 is 0 Å². The number of hydrogen-bond acceptors (Lipinski definition) is 3. The van der Waals surface area contributed by atoms with Gasteiger partial charge in [0.25, 0.3) is 0 Å². The van der Waals surface area contributed by atoms with Crippen molar-refractivity contribution in [3.8, 4) is 0 Å². The zero-order valence-corrected chi connectivity index (χ0v) is 15.4. The van der Waals surface area contributed by atoms with Gasteiger partial charge in [0.2, 0.25) is 5.91 Å². The molecule has 0 aromatic heterocycles. The zero-order valence-electron chi connectivity index (χ0n) is 15.4. The number of amides is 1. The lowest BCUT2D eigenvalue weighted by Gasteiger charge is -2.31. The predicted molar refractivity (Wildman–Crippen MR) is 95.5 cm³/mol. The molecule has 0 bridgehead atoms. The Hall–Kier alpha value is -1.32. The second-order valence-corrected chi connectivity index (χ2v) is 7.40. The Bertz CT molecular complexity index is 452. The maximum atomic E-state index is 13.0. The van der Waals surface area contributed by atoms with Crippen molar-refractivity contribution in [1.82, 2.24) is 4.90 Å². The molecule has 0 aromatic rings. The highest BCUT2D eigenvalue weighted by molar-refractivity contribution is 5.80. The van der Waals surface area contributed by atoms with E-state index >= 15 is 0 Å². The monoisotopic (exact) mass is 335 g/mol. The van der Waals surface area contributed by atoms with Crippen LogP contribution in [0.2, 0.25) is 0 Å². The van der Waals surface area contributed by atoms with Crippen molar-refractivity contribution in [2.45, 2.75) is 71.1 Å². The lowest BCUT2D eigenvalue weighted by Crippen LogP contribution is -2.42. The van der Waals surface area contributed by atoms with Crippen LogP contribution in [-0.2, 0) is 14.3 Å². The number of methoxy groups -OCH3 is 1. The molecule has 0 saturated heterocycles.